The second-order valence-electron chi connectivity index (χ2n) is 4.55. The highest BCUT2D eigenvalue weighted by Gasteiger charge is 2.28. The predicted octanol–water partition coefficient (Wildman–Crippen LogP) is 3.47. The summed E-state index contributed by atoms with van der Waals surface area (Å²) in [6.45, 7) is 8.12. The van der Waals surface area contributed by atoms with E-state index >= 15 is 0 Å². The monoisotopic (exact) mass is 366 g/mol. The second-order valence-corrected chi connectivity index (χ2v) is 5.90. The van der Waals surface area contributed by atoms with E-state index in [4.69, 9.17) is 4.74 Å². The maximum absolute atomic E-state index is 11.9. The fourth-order valence-electron chi connectivity index (χ4n) is 1.39. The first kappa shape index (κ1) is 14.7. The van der Waals surface area contributed by atoms with E-state index < -0.39 is 0 Å². The summed E-state index contributed by atoms with van der Waals surface area (Å²) in [6.07, 6.45) is 0. The molecule has 0 aliphatic carbocycles. The molecular formula is C11H16Br2N2O2. The van der Waals surface area contributed by atoms with Crippen LogP contribution in [0.25, 0.3) is 0 Å². The molecule has 0 spiro atoms. The van der Waals surface area contributed by atoms with Crippen LogP contribution in [0.1, 0.15) is 43.9 Å². The number of carbonyl (C=O) groups excluding carboxylic acids is 1. The molecule has 4 nitrogen and oxygen atoms in total. The van der Waals surface area contributed by atoms with Gasteiger partial charge in [0.1, 0.15) is 0 Å². The van der Waals surface area contributed by atoms with Crippen molar-refractivity contribution in [2.24, 2.45) is 0 Å². The minimum atomic E-state index is -0.353. The molecule has 6 heteroatoms. The maximum Gasteiger partial charge on any atom is 0.357 e. The standard InChI is InChI=1S/C11H16Br2N2O2/c1-5-17-10(16)9-8(13)7(6-12)14-15(9)11(2,3)4/h5-6H2,1-4H3. The zero-order valence-electron chi connectivity index (χ0n) is 10.4. The third-order valence-electron chi connectivity index (χ3n) is 2.12. The molecule has 1 heterocycles. The van der Waals surface area contributed by atoms with Crippen LogP contribution in [0.2, 0.25) is 0 Å². The molecule has 0 aromatic carbocycles. The van der Waals surface area contributed by atoms with E-state index in [0.29, 0.717) is 22.1 Å². The summed E-state index contributed by atoms with van der Waals surface area (Å²) in [5, 5.41) is 5.01. The van der Waals surface area contributed by atoms with Crippen molar-refractivity contribution in [2.45, 2.75) is 38.6 Å². The SMILES string of the molecule is CCOC(=O)c1c(Br)c(CBr)nn1C(C)(C)C. The van der Waals surface area contributed by atoms with Crippen LogP contribution < -0.4 is 0 Å². The fraction of sp³-hybridized carbons (Fsp3) is 0.636. The van der Waals surface area contributed by atoms with Crippen LogP contribution in [0.3, 0.4) is 0 Å². The predicted molar refractivity (Wildman–Crippen MR) is 73.5 cm³/mol. The third-order valence-corrected chi connectivity index (χ3v) is 3.49. The van der Waals surface area contributed by atoms with Crippen LogP contribution in [0.15, 0.2) is 4.47 Å². The molecule has 96 valence electrons. The van der Waals surface area contributed by atoms with Gasteiger partial charge in [-0.2, -0.15) is 5.10 Å². The maximum atomic E-state index is 11.9. The molecule has 1 rings (SSSR count). The van der Waals surface area contributed by atoms with E-state index in [1.54, 1.807) is 11.6 Å². The van der Waals surface area contributed by atoms with Crippen LogP contribution in [0.5, 0.6) is 0 Å². The van der Waals surface area contributed by atoms with E-state index in [0.717, 1.165) is 5.69 Å². The highest BCUT2D eigenvalue weighted by atomic mass is 79.9. The van der Waals surface area contributed by atoms with Crippen LogP contribution in [0.4, 0.5) is 0 Å². The Bertz CT molecular complexity index is 422. The Hall–Kier alpha value is -0.360. The Morgan fingerprint density at radius 1 is 1.47 bits per heavy atom. The minimum absolute atomic E-state index is 0.273. The van der Waals surface area contributed by atoms with Gasteiger partial charge in [0.25, 0.3) is 0 Å². The number of alkyl halides is 1. The Kier molecular flexibility index (Phi) is 4.77. The van der Waals surface area contributed by atoms with Gasteiger partial charge in [0.05, 0.1) is 22.3 Å². The number of ether oxygens (including phenoxy) is 1. The van der Waals surface area contributed by atoms with Crippen molar-refractivity contribution in [3.8, 4) is 0 Å². The topological polar surface area (TPSA) is 44.1 Å². The molecule has 0 fully saturated rings. The first-order chi connectivity index (χ1) is 7.82. The lowest BCUT2D eigenvalue weighted by Crippen LogP contribution is -2.28. The lowest BCUT2D eigenvalue weighted by Gasteiger charge is -2.21. The number of halogens is 2. The molecule has 0 atom stereocenters. The summed E-state index contributed by atoms with van der Waals surface area (Å²) in [4.78, 5) is 11.9. The van der Waals surface area contributed by atoms with Gasteiger partial charge in [0.2, 0.25) is 0 Å². The van der Waals surface area contributed by atoms with E-state index in [2.05, 4.69) is 37.0 Å². The van der Waals surface area contributed by atoms with E-state index in [9.17, 15) is 4.79 Å². The highest BCUT2D eigenvalue weighted by molar-refractivity contribution is 9.10. The van der Waals surface area contributed by atoms with Gasteiger partial charge in [-0.15, -0.1) is 0 Å². The van der Waals surface area contributed by atoms with Crippen molar-refractivity contribution >= 4 is 37.8 Å². The van der Waals surface area contributed by atoms with E-state index in [1.807, 2.05) is 20.8 Å². The quantitative estimate of drug-likeness (QED) is 0.606. The Labute approximate surface area is 118 Å². The number of hydrogen-bond acceptors (Lipinski definition) is 3. The average Bonchev–Trinajstić information content (AvgIpc) is 2.55. The van der Waals surface area contributed by atoms with Gasteiger partial charge in [-0.05, 0) is 43.6 Å². The average molecular weight is 368 g/mol. The number of esters is 1. The number of carbonyl (C=O) groups is 1. The number of hydrogen-bond donors (Lipinski definition) is 0. The molecule has 1 aromatic heterocycles. The first-order valence-corrected chi connectivity index (χ1v) is 7.25. The van der Waals surface area contributed by atoms with Gasteiger partial charge in [-0.3, -0.25) is 4.68 Å². The van der Waals surface area contributed by atoms with Crippen molar-refractivity contribution in [3.05, 3.63) is 15.9 Å². The van der Waals surface area contributed by atoms with Crippen LogP contribution in [-0.2, 0) is 15.6 Å². The van der Waals surface area contributed by atoms with Crippen LogP contribution >= 0.6 is 31.9 Å². The third kappa shape index (κ3) is 3.10. The molecule has 0 amide bonds. The minimum Gasteiger partial charge on any atom is -0.461 e. The number of aromatic nitrogens is 2. The molecule has 0 aliphatic rings. The summed E-state index contributed by atoms with van der Waals surface area (Å²) >= 11 is 6.76. The fourth-order valence-corrected chi connectivity index (χ4v) is 2.71. The largest absolute Gasteiger partial charge is 0.461 e. The molecule has 0 bridgehead atoms. The van der Waals surface area contributed by atoms with Crippen molar-refractivity contribution in [3.63, 3.8) is 0 Å². The molecule has 0 radical (unpaired) electrons. The summed E-state index contributed by atoms with van der Waals surface area (Å²) in [5.41, 5.74) is 0.988. The zero-order chi connectivity index (χ0) is 13.2. The Morgan fingerprint density at radius 2 is 2.06 bits per heavy atom. The normalized spacial score (nSPS) is 11.6. The molecule has 0 N–H and O–H groups in total. The second kappa shape index (κ2) is 5.52. The van der Waals surface area contributed by atoms with Crippen LogP contribution in [-0.4, -0.2) is 22.4 Å². The van der Waals surface area contributed by atoms with Gasteiger partial charge in [0, 0.05) is 5.33 Å². The van der Waals surface area contributed by atoms with Gasteiger partial charge in [0.15, 0.2) is 5.69 Å². The van der Waals surface area contributed by atoms with Crippen molar-refractivity contribution in [1.29, 1.82) is 0 Å². The molecule has 0 saturated heterocycles. The first-order valence-electron chi connectivity index (χ1n) is 5.33. The summed E-state index contributed by atoms with van der Waals surface area (Å²) in [5.74, 6) is -0.353. The molecule has 1 aromatic rings. The molecule has 0 unspecified atom stereocenters. The van der Waals surface area contributed by atoms with Crippen molar-refractivity contribution < 1.29 is 9.53 Å². The summed E-state index contributed by atoms with van der Waals surface area (Å²) in [7, 11) is 0. The number of rotatable bonds is 3. The Balaban J connectivity index is 3.34. The van der Waals surface area contributed by atoms with E-state index in [-0.39, 0.29) is 11.5 Å². The number of nitrogens with zero attached hydrogens (tertiary/aromatic N) is 2. The Morgan fingerprint density at radius 3 is 2.47 bits per heavy atom. The molecule has 17 heavy (non-hydrogen) atoms. The highest BCUT2D eigenvalue weighted by Crippen LogP contribution is 2.28. The summed E-state index contributed by atoms with van der Waals surface area (Å²) in [6, 6.07) is 0. The molecular weight excluding hydrogens is 352 g/mol. The van der Waals surface area contributed by atoms with E-state index in [1.165, 1.54) is 0 Å². The lowest BCUT2D eigenvalue weighted by atomic mass is 10.1. The van der Waals surface area contributed by atoms with Crippen molar-refractivity contribution in [2.75, 3.05) is 6.61 Å². The van der Waals surface area contributed by atoms with Crippen LogP contribution in [0, 0.1) is 0 Å². The van der Waals surface area contributed by atoms with Gasteiger partial charge in [-0.25, -0.2) is 4.79 Å². The molecule has 0 aliphatic heterocycles. The van der Waals surface area contributed by atoms with Gasteiger partial charge >= 0.3 is 5.97 Å². The zero-order valence-corrected chi connectivity index (χ0v) is 13.6. The van der Waals surface area contributed by atoms with Gasteiger partial charge in [-0.1, -0.05) is 15.9 Å². The summed E-state index contributed by atoms with van der Waals surface area (Å²) < 4.78 is 7.45. The molecule has 0 saturated carbocycles. The smallest absolute Gasteiger partial charge is 0.357 e. The van der Waals surface area contributed by atoms with Gasteiger partial charge < -0.3 is 4.74 Å². The van der Waals surface area contributed by atoms with Crippen molar-refractivity contribution in [1.82, 2.24) is 9.78 Å². The lowest BCUT2D eigenvalue weighted by molar-refractivity contribution is 0.0502.